The lowest BCUT2D eigenvalue weighted by Crippen LogP contribution is -2.44. The van der Waals surface area contributed by atoms with E-state index >= 15 is 0 Å². The molecule has 0 aliphatic carbocycles. The van der Waals surface area contributed by atoms with Gasteiger partial charge in [-0.2, -0.15) is 5.10 Å². The minimum atomic E-state index is -3.69. The number of hydrogen-bond acceptors (Lipinski definition) is 7. The number of H-pyrrole nitrogens is 1. The summed E-state index contributed by atoms with van der Waals surface area (Å²) in [5.74, 6) is 0.751. The molecule has 0 bridgehead atoms. The van der Waals surface area contributed by atoms with Crippen LogP contribution in [0.1, 0.15) is 33.6 Å². The number of nitrogens with zero attached hydrogens (tertiary/aromatic N) is 3. The monoisotopic (exact) mass is 517 g/mol. The summed E-state index contributed by atoms with van der Waals surface area (Å²) in [5.41, 5.74) is 1.17. The predicted octanol–water partition coefficient (Wildman–Crippen LogP) is 5.04. The molecule has 186 valence electrons. The van der Waals surface area contributed by atoms with Crippen LogP contribution in [0, 0.1) is 0 Å². The normalized spacial score (nSPS) is 15.1. The minimum absolute atomic E-state index is 0.0542. The number of amides is 1. The van der Waals surface area contributed by atoms with Gasteiger partial charge in [-0.15, -0.1) is 0 Å². The largest absolute Gasteiger partial charge is 0.444 e. The third-order valence-electron chi connectivity index (χ3n) is 5.55. The Labute approximate surface area is 209 Å². The molecule has 1 aliphatic rings. The van der Waals surface area contributed by atoms with Crippen LogP contribution < -0.4 is 5.32 Å². The maximum Gasteiger partial charge on any atom is 0.410 e. The summed E-state index contributed by atoms with van der Waals surface area (Å²) < 4.78 is 32.1. The molecule has 1 aliphatic heterocycles. The fourth-order valence-corrected chi connectivity index (χ4v) is 5.89. The van der Waals surface area contributed by atoms with Crippen LogP contribution in [-0.4, -0.2) is 58.5 Å². The van der Waals surface area contributed by atoms with E-state index in [9.17, 15) is 13.2 Å². The molecule has 0 unspecified atom stereocenters. The number of hydrogen-bond donors (Lipinski definition) is 2. The summed E-state index contributed by atoms with van der Waals surface area (Å²) in [6.07, 6.45) is 0.189. The molecule has 35 heavy (non-hydrogen) atoms. The number of anilines is 2. The molecule has 2 aromatic heterocycles. The molecule has 0 atom stereocenters. The Kier molecular flexibility index (Phi) is 7.05. The average Bonchev–Trinajstić information content (AvgIpc) is 3.27. The highest BCUT2D eigenvalue weighted by Crippen LogP contribution is 2.29. The van der Waals surface area contributed by atoms with Gasteiger partial charge in [0.25, 0.3) is 0 Å². The molecule has 3 heterocycles. The highest BCUT2D eigenvalue weighted by molar-refractivity contribution is 7.92. The summed E-state index contributed by atoms with van der Waals surface area (Å²) in [4.78, 5) is 18.1. The Morgan fingerprint density at radius 2 is 1.80 bits per heavy atom. The van der Waals surface area contributed by atoms with E-state index in [-0.39, 0.29) is 15.9 Å². The van der Waals surface area contributed by atoms with Crippen molar-refractivity contribution in [2.24, 2.45) is 0 Å². The summed E-state index contributed by atoms with van der Waals surface area (Å²) >= 11 is 6.18. The average molecular weight is 518 g/mol. The lowest BCUT2D eigenvalue weighted by atomic mass is 10.1. The van der Waals surface area contributed by atoms with Gasteiger partial charge in [-0.25, -0.2) is 18.2 Å². The van der Waals surface area contributed by atoms with E-state index in [0.29, 0.717) is 31.7 Å². The number of aromatic amines is 1. The lowest BCUT2D eigenvalue weighted by molar-refractivity contribution is 0.0217. The van der Waals surface area contributed by atoms with Gasteiger partial charge in [0.1, 0.15) is 16.6 Å². The second-order valence-corrected chi connectivity index (χ2v) is 12.0. The van der Waals surface area contributed by atoms with Crippen LogP contribution in [0.2, 0.25) is 5.15 Å². The van der Waals surface area contributed by atoms with Crippen molar-refractivity contribution in [3.63, 3.8) is 0 Å². The van der Waals surface area contributed by atoms with Crippen LogP contribution >= 0.6 is 11.6 Å². The maximum absolute atomic E-state index is 13.4. The first-order valence-electron chi connectivity index (χ1n) is 11.3. The van der Waals surface area contributed by atoms with Crippen molar-refractivity contribution < 1.29 is 17.9 Å². The molecule has 11 heteroatoms. The first-order chi connectivity index (χ1) is 16.5. The van der Waals surface area contributed by atoms with E-state index in [0.717, 1.165) is 11.3 Å². The number of halogens is 1. The van der Waals surface area contributed by atoms with E-state index in [1.807, 2.05) is 30.3 Å². The molecule has 9 nitrogen and oxygen atoms in total. The molecule has 0 radical (unpaired) electrons. The number of rotatable bonds is 5. The van der Waals surface area contributed by atoms with Crippen molar-refractivity contribution >= 4 is 39.2 Å². The zero-order chi connectivity index (χ0) is 25.2. The van der Waals surface area contributed by atoms with E-state index in [1.54, 1.807) is 31.7 Å². The molecule has 4 rings (SSSR count). The Balaban J connectivity index is 1.46. The molecule has 2 N–H and O–H groups in total. The number of likely N-dealkylation sites (tertiary alicyclic amines) is 1. The Bertz CT molecular complexity index is 1300. The van der Waals surface area contributed by atoms with E-state index in [1.165, 1.54) is 12.1 Å². The van der Waals surface area contributed by atoms with E-state index < -0.39 is 26.8 Å². The molecular weight excluding hydrogens is 490 g/mol. The summed E-state index contributed by atoms with van der Waals surface area (Å²) in [6, 6.07) is 14.3. The first-order valence-corrected chi connectivity index (χ1v) is 13.2. The molecule has 1 saturated heterocycles. The van der Waals surface area contributed by atoms with Crippen molar-refractivity contribution in [3.8, 4) is 11.3 Å². The van der Waals surface area contributed by atoms with Crippen LogP contribution in [0.15, 0.2) is 53.4 Å². The Morgan fingerprint density at radius 3 is 2.46 bits per heavy atom. The molecule has 1 aromatic carbocycles. The van der Waals surface area contributed by atoms with Gasteiger partial charge < -0.3 is 15.0 Å². The smallest absolute Gasteiger partial charge is 0.410 e. The molecular formula is C24H28ClN5O4S. The maximum atomic E-state index is 13.4. The third kappa shape index (κ3) is 6.12. The number of sulfone groups is 1. The molecule has 1 amide bonds. The van der Waals surface area contributed by atoms with Crippen LogP contribution in [0.4, 0.5) is 16.4 Å². The Morgan fingerprint density at radius 1 is 1.11 bits per heavy atom. The Hall–Kier alpha value is -3.11. The standard InChI is InChI=1S/C24H28ClN5O4S/c1-24(2,3)34-23(31)30-11-9-17(10-12-30)35(32,33)18-13-20(25)26-21(14-18)27-22-15-19(28-29-22)16-7-5-4-6-8-16/h4-8,13-15,17H,9-12H2,1-3H3,(H2,26,27,28,29). The second-order valence-electron chi connectivity index (χ2n) is 9.38. The first kappa shape index (κ1) is 25.0. The molecule has 0 spiro atoms. The highest BCUT2D eigenvalue weighted by Gasteiger charge is 2.34. The summed E-state index contributed by atoms with van der Waals surface area (Å²) in [5, 5.41) is 9.62. The highest BCUT2D eigenvalue weighted by atomic mass is 35.5. The molecule has 0 saturated carbocycles. The summed E-state index contributed by atoms with van der Waals surface area (Å²) in [7, 11) is -3.69. The van der Waals surface area contributed by atoms with Gasteiger partial charge in [-0.05, 0) is 51.3 Å². The number of piperidine rings is 1. The molecule has 1 fully saturated rings. The van der Waals surface area contributed by atoms with Crippen molar-refractivity contribution in [3.05, 3.63) is 53.7 Å². The number of carbonyl (C=O) groups excluding carboxylic acids is 1. The zero-order valence-corrected chi connectivity index (χ0v) is 21.4. The predicted molar refractivity (Wildman–Crippen MR) is 135 cm³/mol. The van der Waals surface area contributed by atoms with Gasteiger partial charge in [-0.3, -0.25) is 5.10 Å². The second kappa shape index (κ2) is 9.87. The fraction of sp³-hybridized carbons (Fsp3) is 0.375. The van der Waals surface area contributed by atoms with Gasteiger partial charge >= 0.3 is 6.09 Å². The van der Waals surface area contributed by atoms with Crippen LogP contribution in [0.3, 0.4) is 0 Å². The van der Waals surface area contributed by atoms with Crippen molar-refractivity contribution in [1.82, 2.24) is 20.1 Å². The van der Waals surface area contributed by atoms with Gasteiger partial charge in [0, 0.05) is 19.2 Å². The van der Waals surface area contributed by atoms with Crippen molar-refractivity contribution in [2.75, 3.05) is 18.4 Å². The van der Waals surface area contributed by atoms with Gasteiger partial charge in [0.05, 0.1) is 15.8 Å². The topological polar surface area (TPSA) is 117 Å². The van der Waals surface area contributed by atoms with Gasteiger partial charge in [-0.1, -0.05) is 41.9 Å². The minimum Gasteiger partial charge on any atom is -0.444 e. The SMILES string of the molecule is CC(C)(C)OC(=O)N1CCC(S(=O)(=O)c2cc(Cl)nc(Nc3cc(-c4ccccc4)[nH]n3)c2)CC1. The van der Waals surface area contributed by atoms with Crippen LogP contribution in [0.5, 0.6) is 0 Å². The fourth-order valence-electron chi connectivity index (χ4n) is 3.85. The lowest BCUT2D eigenvalue weighted by Gasteiger charge is -2.33. The van der Waals surface area contributed by atoms with Gasteiger partial charge in [0.15, 0.2) is 15.7 Å². The number of benzene rings is 1. The van der Waals surface area contributed by atoms with E-state index in [4.69, 9.17) is 16.3 Å². The number of aromatic nitrogens is 3. The molecule has 3 aromatic rings. The quantitative estimate of drug-likeness (QED) is 0.455. The number of carbonyl (C=O) groups is 1. The van der Waals surface area contributed by atoms with Crippen molar-refractivity contribution in [2.45, 2.75) is 49.4 Å². The number of nitrogens with one attached hydrogen (secondary N) is 2. The number of ether oxygens (including phenoxy) is 1. The third-order valence-corrected chi connectivity index (χ3v) is 7.98. The van der Waals surface area contributed by atoms with Crippen LogP contribution in [-0.2, 0) is 14.6 Å². The van der Waals surface area contributed by atoms with Crippen molar-refractivity contribution in [1.29, 1.82) is 0 Å². The number of pyridine rings is 1. The van der Waals surface area contributed by atoms with Crippen LogP contribution in [0.25, 0.3) is 11.3 Å². The summed E-state index contributed by atoms with van der Waals surface area (Å²) in [6.45, 7) is 6.00. The zero-order valence-electron chi connectivity index (χ0n) is 19.8. The van der Waals surface area contributed by atoms with E-state index in [2.05, 4.69) is 20.5 Å². The van der Waals surface area contributed by atoms with Gasteiger partial charge in [0.2, 0.25) is 0 Å².